The predicted molar refractivity (Wildman–Crippen MR) is 122 cm³/mol. The zero-order chi connectivity index (χ0) is 23.3. The first-order valence-electron chi connectivity index (χ1n) is 10.9. The minimum atomic E-state index is -0.319. The molecule has 0 spiro atoms. The molecular formula is C24H32FN3O4. The summed E-state index contributed by atoms with van der Waals surface area (Å²) in [7, 11) is 1.91. The molecule has 3 rings (SSSR count). The van der Waals surface area contributed by atoms with Gasteiger partial charge >= 0.3 is 6.09 Å². The zero-order valence-electron chi connectivity index (χ0n) is 19.0. The highest BCUT2D eigenvalue weighted by Crippen LogP contribution is 2.27. The summed E-state index contributed by atoms with van der Waals surface area (Å²) in [5.74, 6) is -0.319. The number of carbonyl (C=O) groups is 2. The van der Waals surface area contributed by atoms with Gasteiger partial charge in [0.25, 0.3) is 0 Å². The molecule has 1 aliphatic rings. The molecule has 1 aromatic heterocycles. The highest BCUT2D eigenvalue weighted by Gasteiger charge is 2.25. The molecule has 2 heterocycles. The summed E-state index contributed by atoms with van der Waals surface area (Å²) in [5.41, 5.74) is 3.32. The van der Waals surface area contributed by atoms with E-state index in [1.807, 2.05) is 26.1 Å². The second kappa shape index (κ2) is 13.5. The number of anilines is 1. The Kier molecular flexibility index (Phi) is 10.8. The van der Waals surface area contributed by atoms with Gasteiger partial charge in [-0.1, -0.05) is 6.92 Å². The maximum atomic E-state index is 12.3. The maximum absolute atomic E-state index is 12.3. The largest absolute Gasteiger partial charge is 0.447 e. The molecule has 32 heavy (non-hydrogen) atoms. The van der Waals surface area contributed by atoms with Crippen LogP contribution in [0, 0.1) is 5.82 Å². The Morgan fingerprint density at radius 2 is 1.97 bits per heavy atom. The number of halogens is 1. The molecule has 0 saturated carbocycles. The highest BCUT2D eigenvalue weighted by molar-refractivity contribution is 5.88. The Balaban J connectivity index is 0.000000336. The van der Waals surface area contributed by atoms with E-state index in [1.54, 1.807) is 4.90 Å². The van der Waals surface area contributed by atoms with Crippen molar-refractivity contribution in [2.75, 3.05) is 38.3 Å². The van der Waals surface area contributed by atoms with Gasteiger partial charge < -0.3 is 14.8 Å². The summed E-state index contributed by atoms with van der Waals surface area (Å²) in [6.45, 7) is 6.21. The van der Waals surface area contributed by atoms with Gasteiger partial charge in [-0.15, -0.1) is 0 Å². The molecule has 0 bridgehead atoms. The second-order valence-corrected chi connectivity index (χ2v) is 7.36. The number of pyridine rings is 1. The lowest BCUT2D eigenvalue weighted by Crippen LogP contribution is -2.37. The molecular weight excluding hydrogens is 413 g/mol. The minimum absolute atomic E-state index is 0.193. The molecule has 0 aliphatic carbocycles. The van der Waals surface area contributed by atoms with E-state index < -0.39 is 0 Å². The second-order valence-electron chi connectivity index (χ2n) is 7.36. The van der Waals surface area contributed by atoms with Gasteiger partial charge in [0.15, 0.2) is 0 Å². The van der Waals surface area contributed by atoms with Crippen LogP contribution in [0.5, 0.6) is 0 Å². The maximum Gasteiger partial charge on any atom is 0.414 e. The Labute approximate surface area is 188 Å². The number of fused-ring (bicyclic) bond motifs is 1. The molecule has 0 saturated heterocycles. The van der Waals surface area contributed by atoms with Crippen LogP contribution in [0.4, 0.5) is 14.9 Å². The van der Waals surface area contributed by atoms with Crippen molar-refractivity contribution in [3.63, 3.8) is 0 Å². The summed E-state index contributed by atoms with van der Waals surface area (Å²) < 4.78 is 22.7. The van der Waals surface area contributed by atoms with Gasteiger partial charge in [-0.25, -0.2) is 9.18 Å². The van der Waals surface area contributed by atoms with Gasteiger partial charge in [0, 0.05) is 24.8 Å². The van der Waals surface area contributed by atoms with Crippen molar-refractivity contribution in [2.45, 2.75) is 39.2 Å². The van der Waals surface area contributed by atoms with Gasteiger partial charge in [0.1, 0.15) is 18.7 Å². The average molecular weight is 446 g/mol. The Hall–Kier alpha value is -2.84. The van der Waals surface area contributed by atoms with Crippen LogP contribution in [0.15, 0.2) is 36.4 Å². The molecule has 8 heteroatoms. The third kappa shape index (κ3) is 7.69. The van der Waals surface area contributed by atoms with Crippen molar-refractivity contribution in [1.82, 2.24) is 10.3 Å². The number of aryl methyl sites for hydroxylation is 1. The van der Waals surface area contributed by atoms with Crippen LogP contribution in [0.1, 0.15) is 54.5 Å². The number of benzene rings is 1. The van der Waals surface area contributed by atoms with E-state index in [1.165, 1.54) is 24.3 Å². The number of nitrogens with zero attached hydrogens (tertiary/aromatic N) is 2. The molecule has 174 valence electrons. The van der Waals surface area contributed by atoms with Crippen molar-refractivity contribution >= 4 is 18.1 Å². The fourth-order valence-corrected chi connectivity index (χ4v) is 3.10. The van der Waals surface area contributed by atoms with Crippen molar-refractivity contribution in [2.24, 2.45) is 0 Å². The molecule has 0 radical (unpaired) electrons. The normalized spacial score (nSPS) is 13.4. The van der Waals surface area contributed by atoms with Crippen LogP contribution in [-0.2, 0) is 15.9 Å². The molecule has 1 aliphatic heterocycles. The first-order chi connectivity index (χ1) is 15.5. The van der Waals surface area contributed by atoms with Gasteiger partial charge in [0.2, 0.25) is 0 Å². The van der Waals surface area contributed by atoms with Crippen molar-refractivity contribution in [3.05, 3.63) is 59.2 Å². The van der Waals surface area contributed by atoms with Crippen LogP contribution >= 0.6 is 0 Å². The van der Waals surface area contributed by atoms with Crippen LogP contribution in [0.25, 0.3) is 0 Å². The number of amides is 1. The predicted octanol–water partition coefficient (Wildman–Crippen LogP) is 4.32. The topological polar surface area (TPSA) is 80.8 Å². The lowest BCUT2D eigenvalue weighted by atomic mass is 10.1. The number of hydrogen-bond donors (Lipinski definition) is 1. The lowest BCUT2D eigenvalue weighted by Gasteiger charge is -2.28. The van der Waals surface area contributed by atoms with Crippen molar-refractivity contribution in [3.8, 4) is 0 Å². The van der Waals surface area contributed by atoms with Gasteiger partial charge in [-0.2, -0.15) is 0 Å². The number of hydrogen-bond acceptors (Lipinski definition) is 6. The minimum Gasteiger partial charge on any atom is -0.447 e. The lowest BCUT2D eigenvalue weighted by molar-refractivity contribution is 0.0757. The van der Waals surface area contributed by atoms with E-state index in [4.69, 9.17) is 14.5 Å². The van der Waals surface area contributed by atoms with Crippen LogP contribution in [0.2, 0.25) is 0 Å². The van der Waals surface area contributed by atoms with E-state index in [-0.39, 0.29) is 24.6 Å². The van der Waals surface area contributed by atoms with E-state index in [9.17, 15) is 14.0 Å². The number of aldehydes is 1. The monoisotopic (exact) mass is 445 g/mol. The van der Waals surface area contributed by atoms with Crippen LogP contribution in [-0.4, -0.2) is 50.8 Å². The summed E-state index contributed by atoms with van der Waals surface area (Å²) in [5, 5.41) is 3.18. The number of aromatic nitrogens is 1. The smallest absolute Gasteiger partial charge is 0.414 e. The van der Waals surface area contributed by atoms with E-state index in [0.29, 0.717) is 31.6 Å². The molecule has 1 N–H and O–H groups in total. The quantitative estimate of drug-likeness (QED) is 0.482. The molecule has 1 amide bonds. The van der Waals surface area contributed by atoms with Crippen LogP contribution in [0.3, 0.4) is 0 Å². The Bertz CT molecular complexity index is 861. The summed E-state index contributed by atoms with van der Waals surface area (Å²) in [4.78, 5) is 28.7. The van der Waals surface area contributed by atoms with Crippen LogP contribution < -0.4 is 10.2 Å². The molecule has 7 nitrogen and oxygen atoms in total. The summed E-state index contributed by atoms with van der Waals surface area (Å²) >= 11 is 0. The fourth-order valence-electron chi connectivity index (χ4n) is 3.10. The van der Waals surface area contributed by atoms with Gasteiger partial charge in [0.05, 0.1) is 23.7 Å². The van der Waals surface area contributed by atoms with Crippen molar-refractivity contribution < 1.29 is 23.5 Å². The third-order valence-electron chi connectivity index (χ3n) is 4.96. The number of nitrogens with one attached hydrogen (secondary N) is 1. The summed E-state index contributed by atoms with van der Waals surface area (Å²) in [6, 6.07) is 9.51. The first kappa shape index (κ1) is 25.4. The third-order valence-corrected chi connectivity index (χ3v) is 4.96. The van der Waals surface area contributed by atoms with E-state index in [0.717, 1.165) is 36.3 Å². The van der Waals surface area contributed by atoms with Gasteiger partial charge in [-0.05, 0) is 69.6 Å². The van der Waals surface area contributed by atoms with E-state index in [2.05, 4.69) is 12.2 Å². The molecule has 1 unspecified atom stereocenters. The molecule has 0 fully saturated rings. The summed E-state index contributed by atoms with van der Waals surface area (Å²) in [6.07, 6.45) is 3.12. The Morgan fingerprint density at radius 1 is 1.22 bits per heavy atom. The number of carbonyl (C=O) groups excluding carboxylic acids is 2. The van der Waals surface area contributed by atoms with Gasteiger partial charge in [-0.3, -0.25) is 14.7 Å². The number of rotatable bonds is 8. The SMILES string of the molecule is CCCOCCOC(=O)N1CCCc2nc(C(C)NC)ccc21.O=Cc1ccc(F)cc1. The fraction of sp³-hybridized carbons (Fsp3) is 0.458. The molecule has 1 aromatic carbocycles. The zero-order valence-corrected chi connectivity index (χ0v) is 19.0. The number of ether oxygens (including phenoxy) is 2. The molecule has 2 aromatic rings. The average Bonchev–Trinajstić information content (AvgIpc) is 2.83. The van der Waals surface area contributed by atoms with E-state index >= 15 is 0 Å². The first-order valence-corrected chi connectivity index (χ1v) is 10.9. The molecule has 1 atom stereocenters. The van der Waals surface area contributed by atoms with Crippen molar-refractivity contribution in [1.29, 1.82) is 0 Å². The Morgan fingerprint density at radius 3 is 2.62 bits per heavy atom. The standard InChI is InChI=1S/C17H27N3O3.C7H5FO/c1-4-10-22-11-12-23-17(21)20-9-5-6-15-16(20)8-7-14(19-15)13(2)18-3;8-7-3-1-6(5-9)2-4-7/h7-8,13,18H,4-6,9-12H2,1-3H3;1-5H. The highest BCUT2D eigenvalue weighted by atomic mass is 19.1.